The maximum absolute atomic E-state index is 12.6. The van der Waals surface area contributed by atoms with E-state index in [1.54, 1.807) is 36.4 Å². The van der Waals surface area contributed by atoms with Gasteiger partial charge in [0.1, 0.15) is 11.4 Å². The SMILES string of the molecule is COC(=O)/C=C(\C(=O)OC)c1c(-c2ccccc2)nc(N)n1/N=C/c1ccc(Cl)cc1. The summed E-state index contributed by atoms with van der Waals surface area (Å²) in [5, 5.41) is 4.97. The van der Waals surface area contributed by atoms with Gasteiger partial charge < -0.3 is 15.2 Å². The van der Waals surface area contributed by atoms with Crippen molar-refractivity contribution in [2.24, 2.45) is 5.10 Å². The van der Waals surface area contributed by atoms with E-state index in [2.05, 4.69) is 10.1 Å². The molecule has 9 heteroatoms. The summed E-state index contributed by atoms with van der Waals surface area (Å²) in [6.07, 6.45) is 2.54. The van der Waals surface area contributed by atoms with Crippen LogP contribution in [0.1, 0.15) is 11.3 Å². The van der Waals surface area contributed by atoms with E-state index >= 15 is 0 Å². The molecule has 0 saturated carbocycles. The first-order valence-corrected chi connectivity index (χ1v) is 9.44. The predicted molar refractivity (Wildman–Crippen MR) is 119 cm³/mol. The summed E-state index contributed by atoms with van der Waals surface area (Å²) >= 11 is 5.92. The molecule has 2 N–H and O–H groups in total. The molecule has 3 rings (SSSR count). The highest BCUT2D eigenvalue weighted by molar-refractivity contribution is 6.30. The van der Waals surface area contributed by atoms with E-state index in [-0.39, 0.29) is 17.2 Å². The molecule has 0 aliphatic heterocycles. The van der Waals surface area contributed by atoms with Crippen molar-refractivity contribution in [2.75, 3.05) is 20.0 Å². The monoisotopic (exact) mass is 438 g/mol. The van der Waals surface area contributed by atoms with Crippen LogP contribution >= 0.6 is 11.6 Å². The first-order chi connectivity index (χ1) is 14.9. The fraction of sp³-hybridized carbons (Fsp3) is 0.0909. The van der Waals surface area contributed by atoms with E-state index in [1.165, 1.54) is 25.1 Å². The number of hydrogen-bond donors (Lipinski definition) is 1. The third kappa shape index (κ3) is 4.99. The molecule has 3 aromatic rings. The standard InChI is InChI=1S/C22H19ClN4O4/c1-30-18(28)12-17(21(29)31-2)20-19(15-6-4-3-5-7-15)26-22(24)27(20)25-13-14-8-10-16(23)11-9-14/h3-13H,1-2H3,(H2,24,26)/b17-12-,25-13+. The van der Waals surface area contributed by atoms with Crippen molar-refractivity contribution in [1.82, 2.24) is 9.66 Å². The average molecular weight is 439 g/mol. The van der Waals surface area contributed by atoms with Crippen molar-refractivity contribution >= 4 is 41.3 Å². The predicted octanol–water partition coefficient (Wildman–Crippen LogP) is 3.40. The quantitative estimate of drug-likeness (QED) is 0.359. The van der Waals surface area contributed by atoms with Crippen molar-refractivity contribution in [3.8, 4) is 11.3 Å². The Morgan fingerprint density at radius 3 is 2.35 bits per heavy atom. The van der Waals surface area contributed by atoms with Gasteiger partial charge >= 0.3 is 11.9 Å². The number of ether oxygens (including phenoxy) is 2. The fourth-order valence-electron chi connectivity index (χ4n) is 2.77. The summed E-state index contributed by atoms with van der Waals surface area (Å²) in [6, 6.07) is 16.0. The van der Waals surface area contributed by atoms with E-state index < -0.39 is 11.9 Å². The van der Waals surface area contributed by atoms with Crippen LogP contribution in [0.2, 0.25) is 5.02 Å². The van der Waals surface area contributed by atoms with Gasteiger partial charge in [-0.1, -0.05) is 54.1 Å². The molecule has 0 atom stereocenters. The summed E-state index contributed by atoms with van der Waals surface area (Å²) in [7, 11) is 2.41. The number of nitrogen functional groups attached to an aromatic ring is 1. The zero-order chi connectivity index (χ0) is 22.4. The number of imidazole rings is 1. The van der Waals surface area contributed by atoms with Gasteiger partial charge in [0.25, 0.3) is 0 Å². The number of halogens is 1. The van der Waals surface area contributed by atoms with Gasteiger partial charge in [0.15, 0.2) is 0 Å². The number of nitrogens with zero attached hydrogens (tertiary/aromatic N) is 3. The van der Waals surface area contributed by atoms with Gasteiger partial charge in [0.05, 0.1) is 26.0 Å². The van der Waals surface area contributed by atoms with E-state index in [0.717, 1.165) is 11.6 Å². The molecule has 31 heavy (non-hydrogen) atoms. The van der Waals surface area contributed by atoms with Gasteiger partial charge in [0, 0.05) is 16.7 Å². The highest BCUT2D eigenvalue weighted by Gasteiger charge is 2.26. The van der Waals surface area contributed by atoms with Crippen LogP contribution in [0.3, 0.4) is 0 Å². The molecular weight excluding hydrogens is 420 g/mol. The zero-order valence-corrected chi connectivity index (χ0v) is 17.5. The molecule has 1 heterocycles. The van der Waals surface area contributed by atoms with Crippen molar-refractivity contribution in [1.29, 1.82) is 0 Å². The molecule has 1 aromatic heterocycles. The molecular formula is C22H19ClN4O4. The lowest BCUT2D eigenvalue weighted by Crippen LogP contribution is -2.12. The Labute approximate surface area is 183 Å². The summed E-state index contributed by atoms with van der Waals surface area (Å²) in [5.41, 5.74) is 7.97. The molecule has 0 amide bonds. The second kappa shape index (κ2) is 9.73. The van der Waals surface area contributed by atoms with Gasteiger partial charge in [-0.25, -0.2) is 14.6 Å². The molecule has 2 aromatic carbocycles. The van der Waals surface area contributed by atoms with Gasteiger partial charge in [-0.2, -0.15) is 9.78 Å². The molecule has 8 nitrogen and oxygen atoms in total. The first-order valence-electron chi connectivity index (χ1n) is 9.06. The van der Waals surface area contributed by atoms with Crippen molar-refractivity contribution in [3.63, 3.8) is 0 Å². The molecule has 0 bridgehead atoms. The summed E-state index contributed by atoms with van der Waals surface area (Å²) in [4.78, 5) is 28.9. The topological polar surface area (TPSA) is 109 Å². The number of methoxy groups -OCH3 is 2. The lowest BCUT2D eigenvalue weighted by Gasteiger charge is -2.09. The van der Waals surface area contributed by atoms with Crippen molar-refractivity contribution in [2.45, 2.75) is 0 Å². The second-order valence-corrected chi connectivity index (χ2v) is 6.65. The van der Waals surface area contributed by atoms with E-state index in [1.807, 2.05) is 18.2 Å². The van der Waals surface area contributed by atoms with Crippen LogP contribution < -0.4 is 5.73 Å². The van der Waals surface area contributed by atoms with E-state index in [9.17, 15) is 9.59 Å². The number of carbonyl (C=O) groups is 2. The van der Waals surface area contributed by atoms with E-state index in [4.69, 9.17) is 26.8 Å². The van der Waals surface area contributed by atoms with Crippen LogP contribution in [0.25, 0.3) is 16.8 Å². The number of anilines is 1. The van der Waals surface area contributed by atoms with Gasteiger partial charge in [0.2, 0.25) is 5.95 Å². The largest absolute Gasteiger partial charge is 0.466 e. The zero-order valence-electron chi connectivity index (χ0n) is 16.8. The molecule has 0 fully saturated rings. The number of carbonyl (C=O) groups excluding carboxylic acids is 2. The smallest absolute Gasteiger partial charge is 0.340 e. The molecule has 0 saturated heterocycles. The van der Waals surface area contributed by atoms with Gasteiger partial charge in [-0.15, -0.1) is 0 Å². The Hall–Kier alpha value is -3.91. The third-order valence-electron chi connectivity index (χ3n) is 4.24. The average Bonchev–Trinajstić information content (AvgIpc) is 3.12. The first kappa shape index (κ1) is 21.8. The lowest BCUT2D eigenvalue weighted by atomic mass is 10.0. The van der Waals surface area contributed by atoms with Crippen LogP contribution in [0, 0.1) is 0 Å². The van der Waals surface area contributed by atoms with Gasteiger partial charge in [-0.3, -0.25) is 0 Å². The lowest BCUT2D eigenvalue weighted by molar-refractivity contribution is -0.136. The number of rotatable bonds is 6. The molecule has 0 aliphatic rings. The number of esters is 2. The molecule has 0 spiro atoms. The van der Waals surface area contributed by atoms with Crippen molar-refractivity contribution in [3.05, 3.63) is 77.0 Å². The Kier molecular flexibility index (Phi) is 6.84. The Morgan fingerprint density at radius 2 is 1.74 bits per heavy atom. The minimum atomic E-state index is -0.773. The highest BCUT2D eigenvalue weighted by atomic mass is 35.5. The maximum atomic E-state index is 12.6. The minimum Gasteiger partial charge on any atom is -0.466 e. The Balaban J connectivity index is 2.24. The summed E-state index contributed by atoms with van der Waals surface area (Å²) < 4.78 is 10.8. The molecule has 0 radical (unpaired) electrons. The molecule has 0 unspecified atom stereocenters. The normalized spacial score (nSPS) is 11.5. The van der Waals surface area contributed by atoms with Crippen LogP contribution in [-0.4, -0.2) is 42.0 Å². The van der Waals surface area contributed by atoms with Crippen LogP contribution in [-0.2, 0) is 19.1 Å². The number of nitrogens with two attached hydrogens (primary N) is 1. The second-order valence-electron chi connectivity index (χ2n) is 6.21. The van der Waals surface area contributed by atoms with Crippen LogP contribution in [0.15, 0.2) is 65.8 Å². The molecule has 0 aliphatic carbocycles. The van der Waals surface area contributed by atoms with Crippen molar-refractivity contribution < 1.29 is 19.1 Å². The number of hydrogen-bond acceptors (Lipinski definition) is 7. The third-order valence-corrected chi connectivity index (χ3v) is 4.49. The minimum absolute atomic E-state index is 0.0127. The van der Waals surface area contributed by atoms with Gasteiger partial charge in [-0.05, 0) is 17.7 Å². The van der Waals surface area contributed by atoms with Crippen LogP contribution in [0.5, 0.6) is 0 Å². The van der Waals surface area contributed by atoms with Crippen LogP contribution in [0.4, 0.5) is 5.95 Å². The Bertz CT molecular complexity index is 1150. The molecule has 158 valence electrons. The maximum Gasteiger partial charge on any atom is 0.340 e. The fourth-order valence-corrected chi connectivity index (χ4v) is 2.90. The Morgan fingerprint density at radius 1 is 1.06 bits per heavy atom. The summed E-state index contributed by atoms with van der Waals surface area (Å²) in [5.74, 6) is -1.50. The number of aromatic nitrogens is 2. The highest BCUT2D eigenvalue weighted by Crippen LogP contribution is 2.31. The van der Waals surface area contributed by atoms with E-state index in [0.29, 0.717) is 16.3 Å². The summed E-state index contributed by atoms with van der Waals surface area (Å²) in [6.45, 7) is 0. The number of benzene rings is 2.